The minimum Gasteiger partial charge on any atom is -0.376 e. The molecule has 1 aliphatic rings. The lowest BCUT2D eigenvalue weighted by molar-refractivity contribution is -0.141. The van der Waals surface area contributed by atoms with Crippen LogP contribution < -0.4 is 5.32 Å². The molecule has 0 aliphatic carbocycles. The van der Waals surface area contributed by atoms with E-state index < -0.39 is 34.3 Å². The summed E-state index contributed by atoms with van der Waals surface area (Å²) < 4.78 is 44.9. The number of halogens is 1. The summed E-state index contributed by atoms with van der Waals surface area (Å²) >= 11 is 0. The fraction of sp³-hybridized carbons (Fsp3) is 0.440. The monoisotopic (exact) mass is 505 g/mol. The number of amides is 2. The molecule has 2 amide bonds. The fourth-order valence-corrected chi connectivity index (χ4v) is 4.58. The van der Waals surface area contributed by atoms with Crippen molar-refractivity contribution < 1.29 is 27.1 Å². The smallest absolute Gasteiger partial charge is 0.242 e. The molecule has 0 radical (unpaired) electrons. The van der Waals surface area contributed by atoms with Crippen LogP contribution in [-0.4, -0.2) is 67.5 Å². The van der Waals surface area contributed by atoms with E-state index in [1.54, 1.807) is 31.2 Å². The first kappa shape index (κ1) is 26.8. The van der Waals surface area contributed by atoms with Crippen molar-refractivity contribution in [3.8, 4) is 0 Å². The first-order valence-corrected chi connectivity index (χ1v) is 13.4. The van der Waals surface area contributed by atoms with Gasteiger partial charge in [0.2, 0.25) is 21.8 Å². The fourth-order valence-electron chi connectivity index (χ4n) is 3.86. The predicted octanol–water partition coefficient (Wildman–Crippen LogP) is 2.30. The maximum atomic E-state index is 13.4. The van der Waals surface area contributed by atoms with Gasteiger partial charge in [-0.1, -0.05) is 42.5 Å². The highest BCUT2D eigenvalue weighted by atomic mass is 32.2. The number of nitrogens with one attached hydrogen (secondary N) is 1. The number of ether oxygens (including phenoxy) is 1. The molecule has 0 unspecified atom stereocenters. The highest BCUT2D eigenvalue weighted by molar-refractivity contribution is 7.88. The van der Waals surface area contributed by atoms with Gasteiger partial charge in [-0.2, -0.15) is 4.31 Å². The normalized spacial score (nSPS) is 16.7. The summed E-state index contributed by atoms with van der Waals surface area (Å²) in [5.74, 6) is -1.32. The van der Waals surface area contributed by atoms with E-state index in [2.05, 4.69) is 5.32 Å². The summed E-state index contributed by atoms with van der Waals surface area (Å²) in [5.41, 5.74) is 1.35. The topological polar surface area (TPSA) is 96.0 Å². The van der Waals surface area contributed by atoms with Gasteiger partial charge in [0.25, 0.3) is 0 Å². The Bertz CT molecular complexity index is 1090. The van der Waals surface area contributed by atoms with E-state index in [-0.39, 0.29) is 25.1 Å². The van der Waals surface area contributed by atoms with Gasteiger partial charge >= 0.3 is 0 Å². The highest BCUT2D eigenvalue weighted by Crippen LogP contribution is 2.15. The molecule has 0 saturated carbocycles. The van der Waals surface area contributed by atoms with Gasteiger partial charge in [-0.05, 0) is 43.0 Å². The van der Waals surface area contributed by atoms with Crippen LogP contribution in [0.5, 0.6) is 0 Å². The van der Waals surface area contributed by atoms with Crippen molar-refractivity contribution in [3.63, 3.8) is 0 Å². The van der Waals surface area contributed by atoms with Crippen LogP contribution in [0.15, 0.2) is 54.6 Å². The van der Waals surface area contributed by atoms with Crippen LogP contribution in [0.1, 0.15) is 30.9 Å². The number of hydrogen-bond donors (Lipinski definition) is 1. The Balaban J connectivity index is 1.77. The molecule has 2 aromatic carbocycles. The van der Waals surface area contributed by atoms with E-state index in [4.69, 9.17) is 4.74 Å². The van der Waals surface area contributed by atoms with Crippen LogP contribution in [0.2, 0.25) is 0 Å². The second-order valence-electron chi connectivity index (χ2n) is 8.72. The number of rotatable bonds is 11. The summed E-state index contributed by atoms with van der Waals surface area (Å²) in [6.07, 6.45) is 2.79. The minimum absolute atomic E-state index is 0.0232. The van der Waals surface area contributed by atoms with Gasteiger partial charge in [-0.25, -0.2) is 12.8 Å². The third-order valence-corrected chi connectivity index (χ3v) is 7.14. The molecular formula is C25H32FN3O5S. The van der Waals surface area contributed by atoms with Crippen LogP contribution in [0.4, 0.5) is 4.39 Å². The average molecular weight is 506 g/mol. The number of carbonyl (C=O) groups is 2. The highest BCUT2D eigenvalue weighted by Gasteiger charge is 2.30. The second kappa shape index (κ2) is 12.2. The number of hydrogen-bond acceptors (Lipinski definition) is 5. The lowest BCUT2D eigenvalue weighted by Gasteiger charge is -2.31. The van der Waals surface area contributed by atoms with E-state index in [9.17, 15) is 22.4 Å². The van der Waals surface area contributed by atoms with Crippen LogP contribution >= 0.6 is 0 Å². The summed E-state index contributed by atoms with van der Waals surface area (Å²) in [5, 5.41) is 2.83. The molecule has 35 heavy (non-hydrogen) atoms. The van der Waals surface area contributed by atoms with Gasteiger partial charge in [0.05, 0.1) is 18.9 Å². The molecular weight excluding hydrogens is 473 g/mol. The van der Waals surface area contributed by atoms with Gasteiger partial charge in [0.15, 0.2) is 0 Å². The van der Waals surface area contributed by atoms with E-state index >= 15 is 0 Å². The van der Waals surface area contributed by atoms with Crippen molar-refractivity contribution in [1.82, 2.24) is 14.5 Å². The number of benzene rings is 2. The molecule has 1 fully saturated rings. The average Bonchev–Trinajstić information content (AvgIpc) is 3.35. The predicted molar refractivity (Wildman–Crippen MR) is 130 cm³/mol. The van der Waals surface area contributed by atoms with Crippen LogP contribution in [0.25, 0.3) is 0 Å². The first-order valence-electron chi connectivity index (χ1n) is 11.6. The number of carbonyl (C=O) groups excluding carboxylic acids is 2. The van der Waals surface area contributed by atoms with Crippen molar-refractivity contribution in [2.24, 2.45) is 0 Å². The Labute approximate surface area is 206 Å². The van der Waals surface area contributed by atoms with E-state index in [1.807, 2.05) is 6.07 Å². The summed E-state index contributed by atoms with van der Waals surface area (Å²) in [6.45, 7) is 2.21. The standard InChI is InChI=1S/C25H32FN3O5S/c1-19(25(31)27-15-23-9-6-14-34-23)29(17-21-10-12-22(26)13-11-21)24(30)18-28(35(2,32)33)16-20-7-4-3-5-8-20/h3-5,7-8,10-13,19,23H,6,9,14-18H2,1-2H3,(H,27,31)/t19-,23-/m1/s1. The van der Waals surface area contributed by atoms with Crippen molar-refractivity contribution >= 4 is 21.8 Å². The van der Waals surface area contributed by atoms with Crippen molar-refractivity contribution in [2.45, 2.75) is 45.0 Å². The van der Waals surface area contributed by atoms with Crippen LogP contribution in [-0.2, 0) is 37.4 Å². The molecule has 1 aliphatic heterocycles. The summed E-state index contributed by atoms with van der Waals surface area (Å²) in [6, 6.07) is 13.7. The largest absolute Gasteiger partial charge is 0.376 e. The third-order valence-electron chi connectivity index (χ3n) is 5.94. The molecule has 8 nitrogen and oxygen atoms in total. The summed E-state index contributed by atoms with van der Waals surface area (Å²) in [4.78, 5) is 27.6. The van der Waals surface area contributed by atoms with Crippen molar-refractivity contribution in [3.05, 3.63) is 71.5 Å². The molecule has 190 valence electrons. The Kier molecular flexibility index (Phi) is 9.36. The molecule has 0 aromatic heterocycles. The Morgan fingerprint density at radius 1 is 1.09 bits per heavy atom. The lowest BCUT2D eigenvalue weighted by atomic mass is 10.1. The van der Waals surface area contributed by atoms with Gasteiger partial charge in [-0.3, -0.25) is 9.59 Å². The lowest BCUT2D eigenvalue weighted by Crippen LogP contribution is -2.51. The molecule has 2 atom stereocenters. The van der Waals surface area contributed by atoms with Gasteiger partial charge in [0.1, 0.15) is 11.9 Å². The molecule has 10 heteroatoms. The zero-order valence-electron chi connectivity index (χ0n) is 20.0. The van der Waals surface area contributed by atoms with Crippen LogP contribution in [0.3, 0.4) is 0 Å². The quantitative estimate of drug-likeness (QED) is 0.506. The first-order chi connectivity index (χ1) is 16.6. The molecule has 0 bridgehead atoms. The van der Waals surface area contributed by atoms with E-state index in [1.165, 1.54) is 29.2 Å². The Morgan fingerprint density at radius 2 is 1.74 bits per heavy atom. The second-order valence-corrected chi connectivity index (χ2v) is 10.7. The van der Waals surface area contributed by atoms with Crippen LogP contribution in [0, 0.1) is 5.82 Å². The Hall–Kier alpha value is -2.82. The van der Waals surface area contributed by atoms with Gasteiger partial charge in [-0.15, -0.1) is 0 Å². The van der Waals surface area contributed by atoms with E-state index in [0.29, 0.717) is 18.7 Å². The van der Waals surface area contributed by atoms with E-state index in [0.717, 1.165) is 29.0 Å². The Morgan fingerprint density at radius 3 is 2.34 bits per heavy atom. The van der Waals surface area contributed by atoms with Crippen molar-refractivity contribution in [2.75, 3.05) is 26.0 Å². The van der Waals surface area contributed by atoms with Gasteiger partial charge < -0.3 is 15.0 Å². The molecule has 3 rings (SSSR count). The maximum Gasteiger partial charge on any atom is 0.242 e. The third kappa shape index (κ3) is 8.12. The zero-order chi connectivity index (χ0) is 25.4. The minimum atomic E-state index is -3.72. The SMILES string of the molecule is C[C@H](C(=O)NC[C@H]1CCCO1)N(Cc1ccc(F)cc1)C(=O)CN(Cc1ccccc1)S(C)(=O)=O. The molecule has 2 aromatic rings. The zero-order valence-corrected chi connectivity index (χ0v) is 20.8. The maximum absolute atomic E-state index is 13.4. The molecule has 0 spiro atoms. The van der Waals surface area contributed by atoms with Gasteiger partial charge in [0, 0.05) is 26.2 Å². The number of sulfonamides is 1. The molecule has 1 heterocycles. The molecule has 1 N–H and O–H groups in total. The molecule has 1 saturated heterocycles. The van der Waals surface area contributed by atoms with Crippen molar-refractivity contribution in [1.29, 1.82) is 0 Å². The number of nitrogens with zero attached hydrogens (tertiary/aromatic N) is 2. The summed E-state index contributed by atoms with van der Waals surface area (Å²) in [7, 11) is -3.72.